The molecule has 0 radical (unpaired) electrons. The Balaban J connectivity index is 2.07. The summed E-state index contributed by atoms with van der Waals surface area (Å²) in [7, 11) is -1.14. The smallest absolute Gasteiger partial charge is 0.114 e. The number of fused-ring (bicyclic) bond motifs is 1. The molecular formula is C17H18ClN3OS. The highest BCUT2D eigenvalue weighted by atomic mass is 35.5. The first-order valence-corrected chi connectivity index (χ1v) is 9.19. The summed E-state index contributed by atoms with van der Waals surface area (Å²) in [6.45, 7) is 4.78. The van der Waals surface area contributed by atoms with Crippen LogP contribution in [0.1, 0.15) is 16.7 Å². The van der Waals surface area contributed by atoms with E-state index in [1.165, 1.54) is 0 Å². The van der Waals surface area contributed by atoms with Crippen LogP contribution in [-0.4, -0.2) is 20.0 Å². The molecule has 4 nitrogen and oxygen atoms in total. The fraction of sp³-hybridized carbons (Fsp3) is 0.235. The van der Waals surface area contributed by atoms with Crippen LogP contribution >= 0.6 is 11.6 Å². The second-order valence-electron chi connectivity index (χ2n) is 5.62. The molecule has 1 aromatic heterocycles. The molecule has 0 fully saturated rings. The molecule has 0 saturated heterocycles. The monoisotopic (exact) mass is 347 g/mol. The number of rotatable bonds is 4. The van der Waals surface area contributed by atoms with E-state index < -0.39 is 11.0 Å². The molecule has 1 N–H and O–H groups in total. The lowest BCUT2D eigenvalue weighted by Crippen LogP contribution is -2.05. The first kappa shape index (κ1) is 16.0. The highest BCUT2D eigenvalue weighted by molar-refractivity contribution is 7.85. The summed E-state index contributed by atoms with van der Waals surface area (Å²) in [5.74, 6) is 0. The topological polar surface area (TPSA) is 46.9 Å². The number of aryl methyl sites for hydroxylation is 1. The lowest BCUT2D eigenvalue weighted by Gasteiger charge is -2.12. The van der Waals surface area contributed by atoms with Gasteiger partial charge in [0.2, 0.25) is 0 Å². The summed E-state index contributed by atoms with van der Waals surface area (Å²) in [5.41, 5.74) is 6.08. The first-order valence-electron chi connectivity index (χ1n) is 7.25. The van der Waals surface area contributed by atoms with Crippen molar-refractivity contribution in [3.8, 4) is 0 Å². The highest BCUT2D eigenvalue weighted by Gasteiger charge is 2.13. The molecule has 0 aliphatic heterocycles. The fourth-order valence-corrected chi connectivity index (χ4v) is 3.27. The molecule has 0 amide bonds. The molecule has 23 heavy (non-hydrogen) atoms. The minimum Gasteiger partial charge on any atom is -0.326 e. The second kappa shape index (κ2) is 6.34. The maximum absolute atomic E-state index is 11.6. The first-order chi connectivity index (χ1) is 11.0. The third-order valence-corrected chi connectivity index (χ3v) is 4.69. The number of aromatic nitrogens is 2. The molecule has 1 atom stereocenters. The van der Waals surface area contributed by atoms with Crippen LogP contribution in [0.3, 0.4) is 0 Å². The van der Waals surface area contributed by atoms with E-state index in [9.17, 15) is 4.21 Å². The molecule has 0 bridgehead atoms. The Morgan fingerprint density at radius 3 is 2.61 bits per heavy atom. The molecule has 0 aliphatic rings. The Morgan fingerprint density at radius 1 is 1.26 bits per heavy atom. The van der Waals surface area contributed by atoms with Crippen LogP contribution in [-0.2, 0) is 17.5 Å². The van der Waals surface area contributed by atoms with E-state index in [-0.39, 0.29) is 0 Å². The zero-order valence-corrected chi connectivity index (χ0v) is 14.8. The van der Waals surface area contributed by atoms with Gasteiger partial charge in [-0.3, -0.25) is 0 Å². The molecule has 1 unspecified atom stereocenters. The average molecular weight is 348 g/mol. The Bertz CT molecular complexity index is 887. The molecule has 1 heterocycles. The Hall–Kier alpha value is -1.85. The Labute approximate surface area is 143 Å². The van der Waals surface area contributed by atoms with Crippen molar-refractivity contribution < 1.29 is 4.21 Å². The van der Waals surface area contributed by atoms with E-state index in [1.807, 2.05) is 37.5 Å². The molecule has 0 spiro atoms. The Morgan fingerprint density at radius 2 is 1.96 bits per heavy atom. The number of benzene rings is 2. The maximum atomic E-state index is 11.6. The lowest BCUT2D eigenvalue weighted by atomic mass is 10.1. The van der Waals surface area contributed by atoms with Crippen molar-refractivity contribution in [3.05, 3.63) is 58.4 Å². The van der Waals surface area contributed by atoms with Gasteiger partial charge < -0.3 is 9.29 Å². The number of imidazole rings is 1. The fourth-order valence-electron chi connectivity index (χ4n) is 2.60. The minimum absolute atomic E-state index is 0.713. The minimum atomic E-state index is -1.14. The van der Waals surface area contributed by atoms with Crippen molar-refractivity contribution >= 4 is 39.3 Å². The van der Waals surface area contributed by atoms with Gasteiger partial charge >= 0.3 is 0 Å². The van der Waals surface area contributed by atoms with E-state index in [0.717, 1.165) is 38.4 Å². The third-order valence-electron chi connectivity index (χ3n) is 3.95. The standard InChI is InChI=1S/C17H18ClN3OS/c1-11-8-15-17(16(12(11)2)20-23(3)22)19-10-21(15)9-13-4-6-14(18)7-5-13/h4-8,10,20H,9H2,1-3H3. The zero-order chi connectivity index (χ0) is 16.6. The number of anilines is 1. The lowest BCUT2D eigenvalue weighted by molar-refractivity contribution is 0.690. The predicted octanol–water partition coefficient (Wildman–Crippen LogP) is 4.06. The number of nitrogens with zero attached hydrogens (tertiary/aromatic N) is 2. The quantitative estimate of drug-likeness (QED) is 0.773. The van der Waals surface area contributed by atoms with Crippen LogP contribution < -0.4 is 4.72 Å². The number of halogens is 1. The van der Waals surface area contributed by atoms with Crippen molar-refractivity contribution in [1.29, 1.82) is 0 Å². The van der Waals surface area contributed by atoms with Crippen LogP contribution in [0.2, 0.25) is 5.02 Å². The molecule has 120 valence electrons. The van der Waals surface area contributed by atoms with Gasteiger partial charge in [-0.25, -0.2) is 9.19 Å². The Kier molecular flexibility index (Phi) is 4.41. The predicted molar refractivity (Wildman–Crippen MR) is 97.5 cm³/mol. The van der Waals surface area contributed by atoms with Crippen molar-refractivity contribution in [2.75, 3.05) is 11.0 Å². The summed E-state index contributed by atoms with van der Waals surface area (Å²) in [6, 6.07) is 9.92. The number of hydrogen-bond acceptors (Lipinski definition) is 2. The van der Waals surface area contributed by atoms with Gasteiger partial charge in [-0.05, 0) is 48.7 Å². The van der Waals surface area contributed by atoms with Crippen molar-refractivity contribution in [2.45, 2.75) is 20.4 Å². The molecule has 3 rings (SSSR count). The summed E-state index contributed by atoms with van der Waals surface area (Å²) >= 11 is 5.94. The van der Waals surface area contributed by atoms with E-state index in [2.05, 4.69) is 27.3 Å². The summed E-state index contributed by atoms with van der Waals surface area (Å²) in [4.78, 5) is 4.53. The maximum Gasteiger partial charge on any atom is 0.114 e. The molecule has 2 aromatic carbocycles. The van der Waals surface area contributed by atoms with Gasteiger partial charge in [0.05, 0.1) is 17.5 Å². The zero-order valence-electron chi connectivity index (χ0n) is 13.3. The van der Waals surface area contributed by atoms with E-state index in [0.29, 0.717) is 6.54 Å². The summed E-state index contributed by atoms with van der Waals surface area (Å²) < 4.78 is 16.7. The highest BCUT2D eigenvalue weighted by Crippen LogP contribution is 2.29. The largest absolute Gasteiger partial charge is 0.326 e. The van der Waals surface area contributed by atoms with Gasteiger partial charge in [0.15, 0.2) is 0 Å². The van der Waals surface area contributed by atoms with Crippen LogP contribution in [0.4, 0.5) is 5.69 Å². The van der Waals surface area contributed by atoms with E-state index in [4.69, 9.17) is 11.6 Å². The van der Waals surface area contributed by atoms with Crippen LogP contribution in [0.5, 0.6) is 0 Å². The SMILES string of the molecule is Cc1cc2c(ncn2Cc2ccc(Cl)cc2)c(NS(C)=O)c1C. The van der Waals surface area contributed by atoms with Crippen molar-refractivity contribution in [1.82, 2.24) is 9.55 Å². The number of hydrogen-bond donors (Lipinski definition) is 1. The van der Waals surface area contributed by atoms with Gasteiger partial charge in [0.1, 0.15) is 16.5 Å². The normalized spacial score (nSPS) is 12.5. The van der Waals surface area contributed by atoms with Crippen LogP contribution in [0.25, 0.3) is 11.0 Å². The summed E-state index contributed by atoms with van der Waals surface area (Å²) in [5, 5.41) is 0.729. The van der Waals surface area contributed by atoms with Crippen LogP contribution in [0.15, 0.2) is 36.7 Å². The van der Waals surface area contributed by atoms with Crippen molar-refractivity contribution in [3.63, 3.8) is 0 Å². The summed E-state index contributed by atoms with van der Waals surface area (Å²) in [6.07, 6.45) is 3.44. The average Bonchev–Trinajstić information content (AvgIpc) is 2.88. The van der Waals surface area contributed by atoms with Gasteiger partial charge in [-0.1, -0.05) is 23.7 Å². The molecule has 0 saturated carbocycles. The second-order valence-corrected chi connectivity index (χ2v) is 7.17. The van der Waals surface area contributed by atoms with E-state index >= 15 is 0 Å². The molecule has 6 heteroatoms. The van der Waals surface area contributed by atoms with Crippen molar-refractivity contribution in [2.24, 2.45) is 0 Å². The van der Waals surface area contributed by atoms with Gasteiger partial charge in [-0.2, -0.15) is 0 Å². The van der Waals surface area contributed by atoms with Gasteiger partial charge in [-0.15, -0.1) is 0 Å². The third kappa shape index (κ3) is 3.26. The molecular weight excluding hydrogens is 330 g/mol. The van der Waals surface area contributed by atoms with Gasteiger partial charge in [0.25, 0.3) is 0 Å². The van der Waals surface area contributed by atoms with Crippen LogP contribution in [0, 0.1) is 13.8 Å². The molecule has 0 aliphatic carbocycles. The van der Waals surface area contributed by atoms with E-state index in [1.54, 1.807) is 6.26 Å². The number of nitrogens with one attached hydrogen (secondary N) is 1. The molecule has 3 aromatic rings. The van der Waals surface area contributed by atoms with Gasteiger partial charge in [0, 0.05) is 17.8 Å².